The summed E-state index contributed by atoms with van der Waals surface area (Å²) in [5, 5.41) is 2.91. The number of nitrogen functional groups attached to an aromatic ring is 1. The Kier molecular flexibility index (Phi) is 3.67. The zero-order valence-electron chi connectivity index (χ0n) is 10.5. The van der Waals surface area contributed by atoms with Gasteiger partial charge in [-0.15, -0.1) is 11.3 Å². The third kappa shape index (κ3) is 2.90. The summed E-state index contributed by atoms with van der Waals surface area (Å²) in [5.41, 5.74) is 8.01. The highest BCUT2D eigenvalue weighted by molar-refractivity contribution is 7.11. The van der Waals surface area contributed by atoms with Crippen molar-refractivity contribution in [1.29, 1.82) is 0 Å². The molecule has 1 heterocycles. The van der Waals surface area contributed by atoms with Gasteiger partial charge in [-0.25, -0.2) is 0 Å². The Balaban J connectivity index is 2.01. The van der Waals surface area contributed by atoms with Crippen molar-refractivity contribution in [2.45, 2.75) is 20.4 Å². The van der Waals surface area contributed by atoms with Gasteiger partial charge in [-0.3, -0.25) is 4.79 Å². The van der Waals surface area contributed by atoms with Crippen molar-refractivity contribution in [2.75, 3.05) is 5.73 Å². The molecule has 0 fully saturated rings. The van der Waals surface area contributed by atoms with Crippen molar-refractivity contribution in [3.05, 3.63) is 51.2 Å². The van der Waals surface area contributed by atoms with Crippen LogP contribution in [0.15, 0.2) is 30.3 Å². The summed E-state index contributed by atoms with van der Waals surface area (Å²) in [5.74, 6) is -0.0656. The molecule has 0 aliphatic heterocycles. The molecule has 94 valence electrons. The van der Waals surface area contributed by atoms with Crippen LogP contribution in [-0.2, 0) is 6.54 Å². The van der Waals surface area contributed by atoms with Gasteiger partial charge < -0.3 is 11.1 Å². The standard InChI is InChI=1S/C14H16N2OS/c1-9-7-11(4-6-13(9)15)14(17)16-8-12-5-3-10(2)18-12/h3-7H,8,15H2,1-2H3,(H,16,17). The molecule has 3 N–H and O–H groups in total. The molecule has 0 spiro atoms. The number of anilines is 1. The zero-order valence-corrected chi connectivity index (χ0v) is 11.3. The summed E-state index contributed by atoms with van der Waals surface area (Å²) in [4.78, 5) is 14.4. The van der Waals surface area contributed by atoms with E-state index < -0.39 is 0 Å². The fourth-order valence-corrected chi connectivity index (χ4v) is 2.50. The van der Waals surface area contributed by atoms with Crippen LogP contribution in [0.3, 0.4) is 0 Å². The van der Waals surface area contributed by atoms with Crippen LogP contribution >= 0.6 is 11.3 Å². The van der Waals surface area contributed by atoms with E-state index in [1.54, 1.807) is 23.5 Å². The molecule has 1 amide bonds. The third-order valence-corrected chi connectivity index (χ3v) is 3.75. The van der Waals surface area contributed by atoms with Gasteiger partial charge in [0.25, 0.3) is 5.91 Å². The number of hydrogen-bond donors (Lipinski definition) is 2. The molecule has 4 heteroatoms. The highest BCUT2D eigenvalue weighted by Crippen LogP contribution is 2.15. The van der Waals surface area contributed by atoms with E-state index in [1.165, 1.54) is 4.88 Å². The number of benzene rings is 1. The number of amides is 1. The van der Waals surface area contributed by atoms with Crippen LogP contribution in [0.5, 0.6) is 0 Å². The monoisotopic (exact) mass is 260 g/mol. The van der Waals surface area contributed by atoms with Crippen LogP contribution < -0.4 is 11.1 Å². The minimum absolute atomic E-state index is 0.0656. The molecule has 2 rings (SSSR count). The molecular weight excluding hydrogens is 244 g/mol. The molecule has 0 bridgehead atoms. The zero-order chi connectivity index (χ0) is 13.1. The first-order valence-electron chi connectivity index (χ1n) is 5.76. The van der Waals surface area contributed by atoms with Gasteiger partial charge in [0, 0.05) is 21.0 Å². The molecule has 0 radical (unpaired) electrons. The fraction of sp³-hybridized carbons (Fsp3) is 0.214. The lowest BCUT2D eigenvalue weighted by Crippen LogP contribution is -2.22. The van der Waals surface area contributed by atoms with E-state index in [0.29, 0.717) is 17.8 Å². The largest absolute Gasteiger partial charge is 0.399 e. The van der Waals surface area contributed by atoms with Gasteiger partial charge in [0.1, 0.15) is 0 Å². The highest BCUT2D eigenvalue weighted by atomic mass is 32.1. The molecule has 0 saturated carbocycles. The van der Waals surface area contributed by atoms with Crippen molar-refractivity contribution in [3.8, 4) is 0 Å². The summed E-state index contributed by atoms with van der Waals surface area (Å²) in [6, 6.07) is 9.41. The van der Waals surface area contributed by atoms with Crippen molar-refractivity contribution < 1.29 is 4.79 Å². The van der Waals surface area contributed by atoms with Crippen molar-refractivity contribution >= 4 is 22.9 Å². The SMILES string of the molecule is Cc1ccc(CNC(=O)c2ccc(N)c(C)c2)s1. The Morgan fingerprint density at radius 1 is 1.28 bits per heavy atom. The second-order valence-electron chi connectivity index (χ2n) is 4.27. The van der Waals surface area contributed by atoms with E-state index in [4.69, 9.17) is 5.73 Å². The van der Waals surface area contributed by atoms with Crippen LogP contribution in [0, 0.1) is 13.8 Å². The average Bonchev–Trinajstić information content (AvgIpc) is 2.75. The van der Waals surface area contributed by atoms with Crippen LogP contribution in [-0.4, -0.2) is 5.91 Å². The predicted octanol–water partition coefficient (Wildman–Crippen LogP) is 2.88. The second kappa shape index (κ2) is 5.23. The summed E-state index contributed by atoms with van der Waals surface area (Å²) >= 11 is 1.70. The lowest BCUT2D eigenvalue weighted by molar-refractivity contribution is 0.0951. The Bertz CT molecular complexity index is 575. The molecular formula is C14H16N2OS. The van der Waals surface area contributed by atoms with E-state index in [0.717, 1.165) is 10.4 Å². The first-order chi connectivity index (χ1) is 8.56. The molecule has 3 nitrogen and oxygen atoms in total. The number of nitrogens with one attached hydrogen (secondary N) is 1. The Morgan fingerprint density at radius 2 is 2.06 bits per heavy atom. The molecule has 0 aliphatic carbocycles. The quantitative estimate of drug-likeness (QED) is 0.834. The van der Waals surface area contributed by atoms with Crippen LogP contribution in [0.1, 0.15) is 25.7 Å². The van der Waals surface area contributed by atoms with Gasteiger partial charge in [0.2, 0.25) is 0 Å². The molecule has 1 aromatic carbocycles. The molecule has 0 aliphatic rings. The van der Waals surface area contributed by atoms with E-state index in [9.17, 15) is 4.79 Å². The molecule has 1 aromatic heterocycles. The van der Waals surface area contributed by atoms with Crippen LogP contribution in [0.4, 0.5) is 5.69 Å². The lowest BCUT2D eigenvalue weighted by atomic mass is 10.1. The van der Waals surface area contributed by atoms with Crippen LogP contribution in [0.2, 0.25) is 0 Å². The van der Waals surface area contributed by atoms with Gasteiger partial charge in [0.05, 0.1) is 6.54 Å². The van der Waals surface area contributed by atoms with Gasteiger partial charge in [-0.05, 0) is 49.7 Å². The fourth-order valence-electron chi connectivity index (χ4n) is 1.67. The first kappa shape index (κ1) is 12.6. The normalized spacial score (nSPS) is 10.3. The van der Waals surface area contributed by atoms with Crippen molar-refractivity contribution in [3.63, 3.8) is 0 Å². The van der Waals surface area contributed by atoms with Gasteiger partial charge in [-0.2, -0.15) is 0 Å². The Hall–Kier alpha value is -1.81. The molecule has 18 heavy (non-hydrogen) atoms. The van der Waals surface area contributed by atoms with E-state index in [2.05, 4.69) is 18.3 Å². The maximum absolute atomic E-state index is 11.9. The molecule has 0 saturated heterocycles. The number of carbonyl (C=O) groups excluding carboxylic acids is 1. The highest BCUT2D eigenvalue weighted by Gasteiger charge is 2.07. The van der Waals surface area contributed by atoms with Gasteiger partial charge >= 0.3 is 0 Å². The number of carbonyl (C=O) groups is 1. The van der Waals surface area contributed by atoms with E-state index in [1.807, 2.05) is 19.1 Å². The molecule has 0 atom stereocenters. The average molecular weight is 260 g/mol. The van der Waals surface area contributed by atoms with Crippen LogP contribution in [0.25, 0.3) is 0 Å². The smallest absolute Gasteiger partial charge is 0.251 e. The van der Waals surface area contributed by atoms with Crippen molar-refractivity contribution in [1.82, 2.24) is 5.32 Å². The summed E-state index contributed by atoms with van der Waals surface area (Å²) in [6.45, 7) is 4.52. The lowest BCUT2D eigenvalue weighted by Gasteiger charge is -2.06. The first-order valence-corrected chi connectivity index (χ1v) is 6.57. The topological polar surface area (TPSA) is 55.1 Å². The maximum atomic E-state index is 11.9. The number of rotatable bonds is 3. The van der Waals surface area contributed by atoms with Gasteiger partial charge in [0.15, 0.2) is 0 Å². The van der Waals surface area contributed by atoms with E-state index in [-0.39, 0.29) is 5.91 Å². The number of nitrogens with two attached hydrogens (primary N) is 1. The summed E-state index contributed by atoms with van der Waals surface area (Å²) in [6.07, 6.45) is 0. The minimum Gasteiger partial charge on any atom is -0.399 e. The van der Waals surface area contributed by atoms with Crippen molar-refractivity contribution in [2.24, 2.45) is 0 Å². The maximum Gasteiger partial charge on any atom is 0.251 e. The predicted molar refractivity (Wildman–Crippen MR) is 75.8 cm³/mol. The summed E-state index contributed by atoms with van der Waals surface area (Å²) < 4.78 is 0. The minimum atomic E-state index is -0.0656. The third-order valence-electron chi connectivity index (χ3n) is 2.75. The Morgan fingerprint density at radius 3 is 2.67 bits per heavy atom. The number of aryl methyl sites for hydroxylation is 2. The van der Waals surface area contributed by atoms with E-state index >= 15 is 0 Å². The molecule has 0 unspecified atom stereocenters. The second-order valence-corrected chi connectivity index (χ2v) is 5.64. The Labute approximate surface area is 111 Å². The number of hydrogen-bond acceptors (Lipinski definition) is 3. The number of thiophene rings is 1. The molecule has 2 aromatic rings. The summed E-state index contributed by atoms with van der Waals surface area (Å²) in [7, 11) is 0. The van der Waals surface area contributed by atoms with Gasteiger partial charge in [-0.1, -0.05) is 0 Å².